The average Bonchev–Trinajstić information content (AvgIpc) is 2.29. The van der Waals surface area contributed by atoms with Gasteiger partial charge in [-0.25, -0.2) is 0 Å². The van der Waals surface area contributed by atoms with Crippen molar-refractivity contribution in [3.8, 4) is 0 Å². The van der Waals surface area contributed by atoms with Gasteiger partial charge in [0.15, 0.2) is 0 Å². The monoisotopic (exact) mass is 204 g/mol. The van der Waals surface area contributed by atoms with Gasteiger partial charge in [-0.3, -0.25) is 0 Å². The lowest BCUT2D eigenvalue weighted by Crippen LogP contribution is -2.29. The highest BCUT2D eigenvalue weighted by atomic mass is 79.9. The van der Waals surface area contributed by atoms with Gasteiger partial charge >= 0.3 is 0 Å². The third kappa shape index (κ3) is 1.02. The highest BCUT2D eigenvalue weighted by molar-refractivity contribution is 9.09. The van der Waals surface area contributed by atoms with Crippen LogP contribution in [0.5, 0.6) is 0 Å². The van der Waals surface area contributed by atoms with Gasteiger partial charge < -0.3 is 4.74 Å². The molecule has 0 aromatic heterocycles. The first-order chi connectivity index (χ1) is 4.85. The van der Waals surface area contributed by atoms with Gasteiger partial charge in [-0.05, 0) is 24.7 Å². The Kier molecular flexibility index (Phi) is 1.77. The van der Waals surface area contributed by atoms with Crippen molar-refractivity contribution in [2.24, 2.45) is 5.41 Å². The maximum Gasteiger partial charge on any atom is 0.0678 e. The summed E-state index contributed by atoms with van der Waals surface area (Å²) in [5.41, 5.74) is 0.637. The van der Waals surface area contributed by atoms with E-state index in [1.165, 1.54) is 25.7 Å². The molecule has 1 saturated heterocycles. The molecule has 1 saturated carbocycles. The molecule has 0 bridgehead atoms. The van der Waals surface area contributed by atoms with E-state index < -0.39 is 0 Å². The molecule has 0 aromatic rings. The predicted octanol–water partition coefficient (Wildman–Crippen LogP) is 2.34. The Hall–Kier alpha value is 0.440. The van der Waals surface area contributed by atoms with Crippen LogP contribution in [0.2, 0.25) is 0 Å². The van der Waals surface area contributed by atoms with E-state index in [4.69, 9.17) is 4.74 Å². The fourth-order valence-electron chi connectivity index (χ4n) is 2.02. The fourth-order valence-corrected chi connectivity index (χ4v) is 2.44. The van der Waals surface area contributed by atoms with Crippen LogP contribution in [0, 0.1) is 5.41 Å². The molecule has 0 unspecified atom stereocenters. The van der Waals surface area contributed by atoms with Crippen molar-refractivity contribution >= 4 is 15.9 Å². The lowest BCUT2D eigenvalue weighted by molar-refractivity contribution is 0.0758. The molecule has 0 N–H and O–H groups in total. The maximum atomic E-state index is 5.61. The van der Waals surface area contributed by atoms with E-state index in [2.05, 4.69) is 15.9 Å². The number of halogens is 1. The molecule has 1 nitrogen and oxygen atoms in total. The second kappa shape index (κ2) is 2.49. The zero-order valence-electron chi connectivity index (χ0n) is 6.11. The Bertz CT molecular complexity index is 131. The lowest BCUT2D eigenvalue weighted by atomic mass is 9.68. The van der Waals surface area contributed by atoms with E-state index >= 15 is 0 Å². The Morgan fingerprint density at radius 2 is 2.30 bits per heavy atom. The summed E-state index contributed by atoms with van der Waals surface area (Å²) in [4.78, 5) is 0. The van der Waals surface area contributed by atoms with Crippen molar-refractivity contribution < 1.29 is 4.74 Å². The largest absolute Gasteiger partial charge is 0.377 e. The third-order valence-electron chi connectivity index (χ3n) is 2.87. The summed E-state index contributed by atoms with van der Waals surface area (Å²) in [6.45, 7) is 1.03. The number of hydrogen-bond donors (Lipinski definition) is 0. The van der Waals surface area contributed by atoms with Crippen molar-refractivity contribution in [1.29, 1.82) is 0 Å². The molecule has 1 aliphatic heterocycles. The highest BCUT2D eigenvalue weighted by Crippen LogP contribution is 2.49. The van der Waals surface area contributed by atoms with Gasteiger partial charge in [0.1, 0.15) is 0 Å². The van der Waals surface area contributed by atoms with Gasteiger partial charge in [-0.15, -0.1) is 0 Å². The summed E-state index contributed by atoms with van der Waals surface area (Å²) < 4.78 is 5.61. The van der Waals surface area contributed by atoms with E-state index in [0.29, 0.717) is 11.5 Å². The zero-order valence-corrected chi connectivity index (χ0v) is 7.69. The third-order valence-corrected chi connectivity index (χ3v) is 3.59. The van der Waals surface area contributed by atoms with E-state index in [9.17, 15) is 0 Å². The minimum absolute atomic E-state index is 0.514. The predicted molar refractivity (Wildman–Crippen MR) is 44.4 cm³/mol. The molecular weight excluding hydrogens is 192 g/mol. The topological polar surface area (TPSA) is 9.23 Å². The van der Waals surface area contributed by atoms with Crippen LogP contribution in [0.25, 0.3) is 0 Å². The van der Waals surface area contributed by atoms with Crippen LogP contribution in [-0.4, -0.2) is 18.0 Å². The molecule has 1 heterocycles. The number of hydrogen-bond acceptors (Lipinski definition) is 1. The molecule has 0 amide bonds. The molecule has 1 spiro atoms. The molecule has 1 aliphatic carbocycles. The van der Waals surface area contributed by atoms with Gasteiger partial charge in [-0.1, -0.05) is 22.4 Å². The molecular formula is C8H13BrO. The summed E-state index contributed by atoms with van der Waals surface area (Å²) >= 11 is 3.46. The van der Waals surface area contributed by atoms with Crippen LogP contribution in [-0.2, 0) is 4.74 Å². The average molecular weight is 205 g/mol. The Balaban J connectivity index is 1.92. The van der Waals surface area contributed by atoms with Gasteiger partial charge in [0.05, 0.1) is 12.7 Å². The van der Waals surface area contributed by atoms with Gasteiger partial charge in [0, 0.05) is 5.33 Å². The summed E-state index contributed by atoms with van der Waals surface area (Å²) in [6, 6.07) is 0. The number of rotatable bonds is 1. The molecule has 58 valence electrons. The minimum atomic E-state index is 0.514. The summed E-state index contributed by atoms with van der Waals surface area (Å²) in [5.74, 6) is 0. The van der Waals surface area contributed by atoms with Crippen LogP contribution >= 0.6 is 15.9 Å². The maximum absolute atomic E-state index is 5.61. The number of alkyl halides is 1. The van der Waals surface area contributed by atoms with Crippen LogP contribution < -0.4 is 0 Å². The summed E-state index contributed by atoms with van der Waals surface area (Å²) in [7, 11) is 0. The van der Waals surface area contributed by atoms with Crippen LogP contribution in [0.3, 0.4) is 0 Å². The van der Waals surface area contributed by atoms with E-state index in [-0.39, 0.29) is 0 Å². The van der Waals surface area contributed by atoms with Crippen molar-refractivity contribution in [2.45, 2.75) is 31.8 Å². The lowest BCUT2D eigenvalue weighted by Gasteiger charge is -2.36. The molecule has 10 heavy (non-hydrogen) atoms. The summed E-state index contributed by atoms with van der Waals surface area (Å²) in [6.07, 6.45) is 6.07. The van der Waals surface area contributed by atoms with Crippen molar-refractivity contribution in [3.05, 3.63) is 0 Å². The molecule has 2 aliphatic rings. The first kappa shape index (κ1) is 7.11. The SMILES string of the molecule is BrC[C@@H]1CC2(CCC2)CO1. The van der Waals surface area contributed by atoms with Crippen molar-refractivity contribution in [1.82, 2.24) is 0 Å². The Morgan fingerprint density at radius 1 is 1.50 bits per heavy atom. The second-order valence-corrected chi connectivity index (χ2v) is 4.29. The van der Waals surface area contributed by atoms with Crippen molar-refractivity contribution in [2.75, 3.05) is 11.9 Å². The van der Waals surface area contributed by atoms with Gasteiger partial charge in [0.2, 0.25) is 0 Å². The van der Waals surface area contributed by atoms with Gasteiger partial charge in [0.25, 0.3) is 0 Å². The molecule has 1 atom stereocenters. The molecule has 2 fully saturated rings. The standard InChI is InChI=1S/C8H13BrO/c9-5-7-4-8(6-10-7)2-1-3-8/h7H,1-6H2/t7-/m0/s1. The first-order valence-corrected chi connectivity index (χ1v) is 5.14. The van der Waals surface area contributed by atoms with E-state index in [1.807, 2.05) is 0 Å². The zero-order chi connectivity index (χ0) is 7.03. The van der Waals surface area contributed by atoms with E-state index in [1.54, 1.807) is 0 Å². The number of ether oxygens (including phenoxy) is 1. The van der Waals surface area contributed by atoms with Crippen LogP contribution in [0.15, 0.2) is 0 Å². The molecule has 2 heteroatoms. The molecule has 0 radical (unpaired) electrons. The van der Waals surface area contributed by atoms with E-state index in [0.717, 1.165) is 11.9 Å². The summed E-state index contributed by atoms with van der Waals surface area (Å²) in [5, 5.41) is 1.02. The van der Waals surface area contributed by atoms with Crippen LogP contribution in [0.1, 0.15) is 25.7 Å². The normalized spacial score (nSPS) is 36.3. The van der Waals surface area contributed by atoms with Gasteiger partial charge in [-0.2, -0.15) is 0 Å². The quantitative estimate of drug-likeness (QED) is 0.597. The minimum Gasteiger partial charge on any atom is -0.377 e. The molecule has 0 aromatic carbocycles. The Labute approximate surface area is 70.3 Å². The first-order valence-electron chi connectivity index (χ1n) is 4.02. The smallest absolute Gasteiger partial charge is 0.0678 e. The Morgan fingerprint density at radius 3 is 2.60 bits per heavy atom. The second-order valence-electron chi connectivity index (χ2n) is 3.64. The fraction of sp³-hybridized carbons (Fsp3) is 1.00. The van der Waals surface area contributed by atoms with Crippen molar-refractivity contribution in [3.63, 3.8) is 0 Å². The highest BCUT2D eigenvalue weighted by Gasteiger charge is 2.43. The van der Waals surface area contributed by atoms with Crippen LogP contribution in [0.4, 0.5) is 0 Å². The molecule has 2 rings (SSSR count).